The Morgan fingerprint density at radius 1 is 1.10 bits per heavy atom. The monoisotopic (exact) mass is 427 g/mol. The van der Waals surface area contributed by atoms with Crippen LogP contribution in [0.15, 0.2) is 48.5 Å². The fourth-order valence-electron chi connectivity index (χ4n) is 3.21. The maximum atomic E-state index is 13.0. The van der Waals surface area contributed by atoms with Gasteiger partial charge in [0.1, 0.15) is 17.4 Å². The van der Waals surface area contributed by atoms with Crippen molar-refractivity contribution in [1.82, 2.24) is 14.3 Å². The summed E-state index contributed by atoms with van der Waals surface area (Å²) in [5, 5.41) is 3.76. The van der Waals surface area contributed by atoms with Gasteiger partial charge in [0.15, 0.2) is 0 Å². The number of hydrogen-bond acceptors (Lipinski definition) is 6. The molecule has 1 aromatic heterocycles. The van der Waals surface area contributed by atoms with Crippen LogP contribution in [0, 0.1) is 5.82 Å². The molecule has 0 spiro atoms. The van der Waals surface area contributed by atoms with E-state index in [1.807, 2.05) is 24.3 Å². The van der Waals surface area contributed by atoms with Crippen LogP contribution in [-0.4, -0.2) is 53.6 Å². The van der Waals surface area contributed by atoms with Gasteiger partial charge in [-0.3, -0.25) is 0 Å². The molecule has 3 aromatic rings. The van der Waals surface area contributed by atoms with Crippen molar-refractivity contribution < 1.29 is 13.9 Å². The number of piperazine rings is 1. The molecule has 9 heteroatoms. The van der Waals surface area contributed by atoms with Crippen molar-refractivity contribution in [2.45, 2.75) is 6.42 Å². The van der Waals surface area contributed by atoms with E-state index in [1.54, 1.807) is 24.1 Å². The van der Waals surface area contributed by atoms with Crippen molar-refractivity contribution >= 4 is 28.4 Å². The molecule has 1 saturated heterocycles. The summed E-state index contributed by atoms with van der Waals surface area (Å²) < 4.78 is 22.6. The zero-order valence-corrected chi connectivity index (χ0v) is 17.4. The Morgan fingerprint density at radius 2 is 1.80 bits per heavy atom. The molecular formula is C21H22FN5O2S. The largest absolute Gasteiger partial charge is 0.497 e. The Morgan fingerprint density at radius 3 is 2.47 bits per heavy atom. The first kappa shape index (κ1) is 20.1. The number of nitrogens with zero attached hydrogens (tertiary/aromatic N) is 4. The first-order valence-corrected chi connectivity index (χ1v) is 10.4. The van der Waals surface area contributed by atoms with Crippen molar-refractivity contribution in [3.63, 3.8) is 0 Å². The number of aromatic nitrogens is 2. The summed E-state index contributed by atoms with van der Waals surface area (Å²) in [7, 11) is 1.61. The Kier molecular flexibility index (Phi) is 6.08. The minimum atomic E-state index is -0.250. The van der Waals surface area contributed by atoms with Crippen LogP contribution in [0.25, 0.3) is 0 Å². The van der Waals surface area contributed by atoms with Gasteiger partial charge in [0.2, 0.25) is 5.13 Å². The summed E-state index contributed by atoms with van der Waals surface area (Å²) in [5.74, 6) is 1.22. The molecule has 0 aliphatic carbocycles. The van der Waals surface area contributed by atoms with E-state index in [-0.39, 0.29) is 11.8 Å². The summed E-state index contributed by atoms with van der Waals surface area (Å²) >= 11 is 1.35. The van der Waals surface area contributed by atoms with Crippen molar-refractivity contribution in [2.75, 3.05) is 43.5 Å². The highest BCUT2D eigenvalue weighted by molar-refractivity contribution is 7.09. The fourth-order valence-corrected chi connectivity index (χ4v) is 3.94. The first-order valence-electron chi connectivity index (χ1n) is 9.62. The van der Waals surface area contributed by atoms with Gasteiger partial charge in [0.25, 0.3) is 0 Å². The van der Waals surface area contributed by atoms with Crippen molar-refractivity contribution in [2.24, 2.45) is 0 Å². The minimum absolute atomic E-state index is 0.117. The summed E-state index contributed by atoms with van der Waals surface area (Å²) in [4.78, 5) is 21.1. The number of carbonyl (C=O) groups excluding carboxylic acids is 1. The number of rotatable bonds is 5. The number of amides is 2. The first-order chi connectivity index (χ1) is 14.6. The number of halogens is 1. The second-order valence-electron chi connectivity index (χ2n) is 6.93. The number of carbonyl (C=O) groups is 1. The van der Waals surface area contributed by atoms with Crippen molar-refractivity contribution in [3.8, 4) is 5.75 Å². The number of benzene rings is 2. The summed E-state index contributed by atoms with van der Waals surface area (Å²) in [6.07, 6.45) is 0.570. The minimum Gasteiger partial charge on any atom is -0.497 e. The Hall–Kier alpha value is -3.20. The van der Waals surface area contributed by atoms with E-state index in [0.717, 1.165) is 28.0 Å². The number of methoxy groups -OCH3 is 1. The summed E-state index contributed by atoms with van der Waals surface area (Å²) in [6.45, 7) is 2.60. The molecule has 0 unspecified atom stereocenters. The zero-order chi connectivity index (χ0) is 20.9. The van der Waals surface area contributed by atoms with Gasteiger partial charge in [-0.05, 0) is 42.0 Å². The molecule has 1 aliphatic rings. The van der Waals surface area contributed by atoms with Crippen LogP contribution in [0.5, 0.6) is 5.75 Å². The standard InChI is InChI=1S/C21H22FN5O2S/c1-29-18-8-6-17(7-9-18)23-20(28)26-10-12-27(13-11-26)21-24-19(25-30-21)14-15-2-4-16(22)5-3-15/h2-9H,10-14H2,1H3,(H,23,28). The molecule has 156 valence electrons. The SMILES string of the molecule is COc1ccc(NC(=O)N2CCN(c3nc(Cc4ccc(F)cc4)ns3)CC2)cc1. The Bertz CT molecular complexity index is 985. The van der Waals surface area contributed by atoms with E-state index in [4.69, 9.17) is 4.74 Å². The van der Waals surface area contributed by atoms with Gasteiger partial charge >= 0.3 is 6.03 Å². The lowest BCUT2D eigenvalue weighted by atomic mass is 10.1. The predicted octanol–water partition coefficient (Wildman–Crippen LogP) is 3.63. The highest BCUT2D eigenvalue weighted by Crippen LogP contribution is 2.21. The topological polar surface area (TPSA) is 70.6 Å². The molecule has 2 heterocycles. The Labute approximate surface area is 178 Å². The number of urea groups is 1. The van der Waals surface area contributed by atoms with Gasteiger partial charge < -0.3 is 19.9 Å². The third-order valence-corrected chi connectivity index (χ3v) is 5.73. The number of ether oxygens (including phenoxy) is 1. The van der Waals surface area contributed by atoms with E-state index in [2.05, 4.69) is 19.6 Å². The van der Waals surface area contributed by atoms with Crippen molar-refractivity contribution in [1.29, 1.82) is 0 Å². The second-order valence-corrected chi connectivity index (χ2v) is 7.66. The molecule has 7 nitrogen and oxygen atoms in total. The van der Waals surface area contributed by atoms with Crippen LogP contribution >= 0.6 is 11.5 Å². The average molecular weight is 428 g/mol. The number of hydrogen-bond donors (Lipinski definition) is 1. The van der Waals surface area contributed by atoms with E-state index in [9.17, 15) is 9.18 Å². The van der Waals surface area contributed by atoms with Crippen molar-refractivity contribution in [3.05, 3.63) is 65.7 Å². The van der Waals surface area contributed by atoms with Crippen LogP contribution in [0.3, 0.4) is 0 Å². The lowest BCUT2D eigenvalue weighted by molar-refractivity contribution is 0.208. The fraction of sp³-hybridized carbons (Fsp3) is 0.286. The lowest BCUT2D eigenvalue weighted by Crippen LogP contribution is -2.50. The van der Waals surface area contributed by atoms with Crippen LogP contribution in [0.4, 0.5) is 20.0 Å². The van der Waals surface area contributed by atoms with Crippen LogP contribution in [-0.2, 0) is 6.42 Å². The Balaban J connectivity index is 1.29. The molecule has 1 fully saturated rings. The summed E-state index contributed by atoms with van der Waals surface area (Å²) in [5.41, 5.74) is 1.71. The van der Waals surface area contributed by atoms with Crippen LogP contribution in [0.2, 0.25) is 0 Å². The average Bonchev–Trinajstić information content (AvgIpc) is 3.24. The molecule has 1 aliphatic heterocycles. The second kappa shape index (κ2) is 9.08. The number of anilines is 2. The van der Waals surface area contributed by atoms with Gasteiger partial charge in [-0.1, -0.05) is 12.1 Å². The van der Waals surface area contributed by atoms with Gasteiger partial charge in [0.05, 0.1) is 7.11 Å². The molecular weight excluding hydrogens is 405 g/mol. The van der Waals surface area contributed by atoms with Crippen LogP contribution in [0.1, 0.15) is 11.4 Å². The van der Waals surface area contributed by atoms with Gasteiger partial charge in [0, 0.05) is 49.8 Å². The molecule has 2 amide bonds. The molecule has 0 saturated carbocycles. The summed E-state index contributed by atoms with van der Waals surface area (Å²) in [6, 6.07) is 13.5. The molecule has 0 radical (unpaired) electrons. The number of nitrogens with one attached hydrogen (secondary N) is 1. The smallest absolute Gasteiger partial charge is 0.321 e. The van der Waals surface area contributed by atoms with E-state index in [0.29, 0.717) is 32.6 Å². The molecule has 30 heavy (non-hydrogen) atoms. The quantitative estimate of drug-likeness (QED) is 0.673. The maximum absolute atomic E-state index is 13.0. The van der Waals surface area contributed by atoms with E-state index >= 15 is 0 Å². The predicted molar refractivity (Wildman–Crippen MR) is 115 cm³/mol. The lowest BCUT2D eigenvalue weighted by Gasteiger charge is -2.34. The van der Waals surface area contributed by atoms with Crippen LogP contribution < -0.4 is 15.0 Å². The zero-order valence-electron chi connectivity index (χ0n) is 16.5. The molecule has 0 bridgehead atoms. The molecule has 0 atom stereocenters. The highest BCUT2D eigenvalue weighted by atomic mass is 32.1. The van der Waals surface area contributed by atoms with Gasteiger partial charge in [-0.15, -0.1) is 0 Å². The van der Waals surface area contributed by atoms with Gasteiger partial charge in [-0.2, -0.15) is 4.37 Å². The van der Waals surface area contributed by atoms with Gasteiger partial charge in [-0.25, -0.2) is 14.2 Å². The third-order valence-electron chi connectivity index (χ3n) is 4.91. The van der Waals surface area contributed by atoms with E-state index < -0.39 is 0 Å². The molecule has 1 N–H and O–H groups in total. The highest BCUT2D eigenvalue weighted by Gasteiger charge is 2.23. The normalized spacial score (nSPS) is 13.9. The third kappa shape index (κ3) is 4.85. The van der Waals surface area contributed by atoms with E-state index in [1.165, 1.54) is 23.7 Å². The molecule has 4 rings (SSSR count). The maximum Gasteiger partial charge on any atom is 0.321 e. The molecule has 2 aromatic carbocycles.